The molecule has 1 fully saturated rings. The maximum Gasteiger partial charge on any atom is 0.416 e. The van der Waals surface area contributed by atoms with Gasteiger partial charge in [0.25, 0.3) is 0 Å². The van der Waals surface area contributed by atoms with Crippen LogP contribution in [0.3, 0.4) is 0 Å². The molecule has 0 atom stereocenters. The van der Waals surface area contributed by atoms with Gasteiger partial charge in [-0.05, 0) is 72.3 Å². The molecule has 1 aromatic heterocycles. The molecule has 0 aliphatic carbocycles. The highest BCUT2D eigenvalue weighted by molar-refractivity contribution is 7.98. The average molecular weight is 758 g/mol. The van der Waals surface area contributed by atoms with E-state index in [4.69, 9.17) is 15.7 Å². The Morgan fingerprint density at radius 3 is 2.34 bits per heavy atom. The molecule has 278 valence electrons. The number of piperidine rings is 1. The molecule has 12 heteroatoms. The van der Waals surface area contributed by atoms with Crippen molar-refractivity contribution in [3.63, 3.8) is 0 Å². The van der Waals surface area contributed by atoms with Crippen LogP contribution in [0.25, 0.3) is 22.0 Å². The molecule has 0 radical (unpaired) electrons. The highest BCUT2D eigenvalue weighted by Gasteiger charge is 2.31. The molecule has 1 amide bonds. The molecular weight excluding hydrogens is 710 g/mol. The molecule has 0 saturated carbocycles. The molecule has 1 aliphatic heterocycles. The van der Waals surface area contributed by atoms with Gasteiger partial charge < -0.3 is 19.1 Å². The van der Waals surface area contributed by atoms with Gasteiger partial charge >= 0.3 is 6.18 Å². The number of ether oxygens (including phenoxy) is 1. The van der Waals surface area contributed by atoms with Crippen molar-refractivity contribution in [3.8, 4) is 11.1 Å². The topological polar surface area (TPSA) is 54.8 Å². The summed E-state index contributed by atoms with van der Waals surface area (Å²) < 4.78 is 145. The summed E-state index contributed by atoms with van der Waals surface area (Å²) in [6, 6.07) is 11.2. The second-order valence-electron chi connectivity index (χ2n) is 12.5. The number of methoxy groups -OCH3 is 1. The number of hydrogen-bond donors (Lipinski definition) is 0. The van der Waals surface area contributed by atoms with Crippen LogP contribution >= 0.6 is 11.8 Å². The lowest BCUT2D eigenvalue weighted by Gasteiger charge is -2.39. The van der Waals surface area contributed by atoms with E-state index in [0.717, 1.165) is 34.9 Å². The Morgan fingerprint density at radius 2 is 1.68 bits per heavy atom. The van der Waals surface area contributed by atoms with Gasteiger partial charge in [-0.1, -0.05) is 54.6 Å². The molecular formula is C41H40F5N3O3S. The first kappa shape index (κ1) is 28.9. The highest BCUT2D eigenvalue weighted by Crippen LogP contribution is 2.32. The van der Waals surface area contributed by atoms with E-state index >= 15 is 4.39 Å². The number of thioether (sulfide) groups is 1. The smallest absolute Gasteiger partial charge is 0.383 e. The van der Waals surface area contributed by atoms with Crippen molar-refractivity contribution >= 4 is 28.6 Å². The number of halogens is 5. The number of aromatic nitrogens is 1. The van der Waals surface area contributed by atoms with Crippen molar-refractivity contribution in [3.05, 3.63) is 135 Å². The molecule has 6 nitrogen and oxygen atoms in total. The first-order chi connectivity index (χ1) is 28.6. The van der Waals surface area contributed by atoms with Gasteiger partial charge in [-0.15, -0.1) is 11.8 Å². The maximum atomic E-state index is 15.0. The summed E-state index contributed by atoms with van der Waals surface area (Å²) in [7, 11) is 1.38. The zero-order valence-electron chi connectivity index (χ0n) is 36.7. The van der Waals surface area contributed by atoms with Gasteiger partial charge in [0.1, 0.15) is 6.54 Å². The lowest BCUT2D eigenvalue weighted by Crippen LogP contribution is -2.48. The summed E-state index contributed by atoms with van der Waals surface area (Å²) in [5, 5.41) is -1.05. The number of benzene rings is 4. The van der Waals surface area contributed by atoms with Gasteiger partial charge in [-0.3, -0.25) is 9.59 Å². The lowest BCUT2D eigenvalue weighted by molar-refractivity contribution is -0.137. The number of amides is 1. The fraction of sp³-hybridized carbons (Fsp3) is 0.317. The number of likely N-dealkylation sites (tertiary alicyclic amines) is 1. The number of rotatable bonds is 12. The maximum absolute atomic E-state index is 15.0. The summed E-state index contributed by atoms with van der Waals surface area (Å²) in [4.78, 5) is 31.8. The second-order valence-corrected chi connectivity index (χ2v) is 13.3. The Labute approximate surface area is 320 Å². The van der Waals surface area contributed by atoms with Crippen LogP contribution in [0.4, 0.5) is 22.0 Å². The van der Waals surface area contributed by atoms with Crippen LogP contribution in [0.5, 0.6) is 0 Å². The lowest BCUT2D eigenvalue weighted by atomic mass is 10.00. The standard InChI is InChI=1S/C41H40F5N3O3S/c1-27-6-15-34-36(22-27)49(39(23-37(34)50)53-26-31-4-3-5-35(42)40(31)43)25-38(51)48(33-16-18-47(19-17-33)20-21-52-2)24-28-7-9-29(10-8-28)30-11-13-32(14-12-30)41(44,45)46/h3-15,22-23,33H,16-21,24-26H2,1-2H3/i6D,15D,20D2,22D,23D,26D2. The van der Waals surface area contributed by atoms with Crippen molar-refractivity contribution in [1.82, 2.24) is 14.4 Å². The van der Waals surface area contributed by atoms with Crippen molar-refractivity contribution < 1.29 is 42.4 Å². The van der Waals surface area contributed by atoms with Gasteiger partial charge in [0.05, 0.1) is 28.2 Å². The van der Waals surface area contributed by atoms with E-state index in [1.54, 1.807) is 29.2 Å². The zero-order chi connectivity index (χ0) is 44.8. The van der Waals surface area contributed by atoms with Crippen molar-refractivity contribution in [2.45, 2.75) is 55.8 Å². The van der Waals surface area contributed by atoms with E-state index < -0.39 is 99.6 Å². The number of alkyl halides is 3. The molecule has 1 aliphatic rings. The summed E-state index contributed by atoms with van der Waals surface area (Å²) in [6.07, 6.45) is -3.96. The first-order valence-electron chi connectivity index (χ1n) is 20.6. The summed E-state index contributed by atoms with van der Waals surface area (Å²) in [5.74, 6) is -3.53. The summed E-state index contributed by atoms with van der Waals surface area (Å²) in [6.45, 7) is -1.05. The van der Waals surface area contributed by atoms with Crippen LogP contribution in [-0.4, -0.2) is 59.6 Å². The Balaban J connectivity index is 1.44. The van der Waals surface area contributed by atoms with Crippen molar-refractivity contribution in [2.75, 3.05) is 33.3 Å². The van der Waals surface area contributed by atoms with Crippen molar-refractivity contribution in [2.24, 2.45) is 0 Å². The second kappa shape index (κ2) is 16.7. The Bertz CT molecular complexity index is 2520. The zero-order valence-corrected chi connectivity index (χ0v) is 29.6. The summed E-state index contributed by atoms with van der Waals surface area (Å²) in [5.41, 5.74) is -4.24. The number of carbonyl (C=O) groups is 1. The third-order valence-electron chi connectivity index (χ3n) is 8.89. The van der Waals surface area contributed by atoms with Crippen molar-refractivity contribution in [1.29, 1.82) is 0 Å². The van der Waals surface area contributed by atoms with E-state index in [0.29, 0.717) is 16.7 Å². The quantitative estimate of drug-likeness (QED) is 0.0942. The number of fused-ring (bicyclic) bond motifs is 1. The van der Waals surface area contributed by atoms with E-state index in [1.165, 1.54) is 31.1 Å². The molecule has 0 spiro atoms. The van der Waals surface area contributed by atoms with E-state index in [-0.39, 0.29) is 61.9 Å². The van der Waals surface area contributed by atoms with Gasteiger partial charge in [-0.2, -0.15) is 13.2 Å². The first-order valence-corrected chi connectivity index (χ1v) is 17.5. The van der Waals surface area contributed by atoms with E-state index in [9.17, 15) is 27.2 Å². The molecule has 5 aromatic rings. The molecule has 0 unspecified atom stereocenters. The Kier molecular flexibility index (Phi) is 9.09. The number of pyridine rings is 1. The third-order valence-corrected chi connectivity index (χ3v) is 9.73. The molecule has 6 rings (SSSR count). The summed E-state index contributed by atoms with van der Waals surface area (Å²) >= 11 is 0.149. The minimum Gasteiger partial charge on any atom is -0.383 e. The van der Waals surface area contributed by atoms with Crippen LogP contribution in [0.15, 0.2) is 101 Å². The molecule has 0 bridgehead atoms. The average Bonchev–Trinajstić information content (AvgIpc) is 3.21. The predicted octanol–water partition coefficient (Wildman–Crippen LogP) is 8.71. The number of hydrogen-bond acceptors (Lipinski definition) is 5. The van der Waals surface area contributed by atoms with Gasteiger partial charge in [-0.25, -0.2) is 8.78 Å². The molecule has 53 heavy (non-hydrogen) atoms. The molecule has 1 saturated heterocycles. The van der Waals surface area contributed by atoms with Crippen LogP contribution in [0.2, 0.25) is 0 Å². The normalized spacial score (nSPS) is 16.9. The fourth-order valence-corrected chi connectivity index (χ4v) is 6.86. The van der Waals surface area contributed by atoms with Crippen LogP contribution in [0, 0.1) is 18.6 Å². The van der Waals surface area contributed by atoms with Gasteiger partial charge in [0, 0.05) is 67.5 Å². The minimum absolute atomic E-state index is 0.0475. The third kappa shape index (κ3) is 9.17. The largest absolute Gasteiger partial charge is 0.416 e. The Morgan fingerprint density at radius 1 is 1.00 bits per heavy atom. The highest BCUT2D eigenvalue weighted by atomic mass is 32.2. The van der Waals surface area contributed by atoms with Gasteiger partial charge in [0.15, 0.2) is 17.1 Å². The number of carbonyl (C=O) groups excluding carboxylic acids is 1. The monoisotopic (exact) mass is 757 g/mol. The minimum atomic E-state index is -4.51. The molecule has 0 N–H and O–H groups in total. The Hall–Kier alpha value is -4.52. The van der Waals surface area contributed by atoms with E-state index in [1.807, 2.05) is 0 Å². The molecule has 2 heterocycles. The predicted molar refractivity (Wildman–Crippen MR) is 198 cm³/mol. The molecule has 4 aromatic carbocycles. The van der Waals surface area contributed by atoms with Crippen LogP contribution in [-0.2, 0) is 34.5 Å². The van der Waals surface area contributed by atoms with Gasteiger partial charge in [0.2, 0.25) is 5.91 Å². The van der Waals surface area contributed by atoms with E-state index in [2.05, 4.69) is 0 Å². The number of nitrogens with zero attached hydrogens (tertiary/aromatic N) is 3. The SMILES string of the molecule is [2H]c1c(C)c([2H])c2c(c1[2H])c(=O)c([2H])c(SC([2H])([2H])c1cccc(F)c1F)n2CC(=O)N(Cc1ccc(-c2ccc(C(F)(F)F)cc2)cc1)C1CCN(C([2H])([2H])COC)CC1. The fourth-order valence-electron chi connectivity index (χ4n) is 6.09. The van der Waals surface area contributed by atoms with Crippen LogP contribution < -0.4 is 5.43 Å². The van der Waals surface area contributed by atoms with Crippen LogP contribution in [0.1, 0.15) is 46.1 Å².